The molecule has 10 heteroatoms. The Morgan fingerprint density at radius 2 is 2.00 bits per heavy atom. The van der Waals surface area contributed by atoms with Crippen LogP contribution in [0.15, 0.2) is 57.9 Å². The van der Waals surface area contributed by atoms with Gasteiger partial charge in [-0.1, -0.05) is 41.1 Å². The van der Waals surface area contributed by atoms with E-state index < -0.39 is 10.0 Å². The zero-order valence-corrected chi connectivity index (χ0v) is 23.2. The average Bonchev–Trinajstić information content (AvgIpc) is 3.31. The number of aromatic nitrogens is 1. The molecule has 2 aromatic carbocycles. The molecule has 0 saturated carbocycles. The summed E-state index contributed by atoms with van der Waals surface area (Å²) < 4.78 is 29.0. The Hall–Kier alpha value is -2.53. The second-order valence-corrected chi connectivity index (χ2v) is 12.0. The number of aryl methyl sites for hydroxylation is 2. The molecule has 0 spiro atoms. The molecular weight excluding hydrogens is 542 g/mol. The number of likely N-dealkylation sites (tertiary alicyclic amines) is 1. The monoisotopic (exact) mass is 573 g/mol. The lowest BCUT2D eigenvalue weighted by Gasteiger charge is -2.25. The topological polar surface area (TPSA) is 94.6 Å². The number of para-hydroxylation sites is 1. The van der Waals surface area contributed by atoms with Gasteiger partial charge in [-0.2, -0.15) is 4.31 Å². The number of amides is 2. The van der Waals surface area contributed by atoms with Crippen molar-refractivity contribution in [3.8, 4) is 0 Å². The molecule has 4 rings (SSSR count). The second kappa shape index (κ2) is 11.2. The number of nitrogens with zero attached hydrogens (tertiary/aromatic N) is 3. The Labute approximate surface area is 221 Å². The molecule has 2 amide bonds. The Kier molecular flexibility index (Phi) is 8.29. The van der Waals surface area contributed by atoms with Crippen molar-refractivity contribution >= 4 is 48.6 Å². The molecule has 36 heavy (non-hydrogen) atoms. The molecule has 2 N–H and O–H groups in total. The van der Waals surface area contributed by atoms with Crippen molar-refractivity contribution in [3.05, 3.63) is 64.3 Å². The molecule has 8 nitrogen and oxygen atoms in total. The number of pyridine rings is 1. The number of benzene rings is 2. The van der Waals surface area contributed by atoms with Crippen LogP contribution in [0.5, 0.6) is 0 Å². The van der Waals surface area contributed by atoms with Crippen molar-refractivity contribution in [2.75, 3.05) is 38.5 Å². The van der Waals surface area contributed by atoms with Crippen LogP contribution in [0.2, 0.25) is 0 Å². The molecule has 1 fully saturated rings. The third kappa shape index (κ3) is 5.88. The van der Waals surface area contributed by atoms with Crippen molar-refractivity contribution in [3.63, 3.8) is 0 Å². The van der Waals surface area contributed by atoms with Crippen molar-refractivity contribution in [2.24, 2.45) is 0 Å². The molecule has 3 aromatic rings. The summed E-state index contributed by atoms with van der Waals surface area (Å²) >= 11 is 3.43. The van der Waals surface area contributed by atoms with Crippen LogP contribution in [0, 0.1) is 6.92 Å². The highest BCUT2D eigenvalue weighted by molar-refractivity contribution is 9.10. The first-order valence-corrected chi connectivity index (χ1v) is 14.3. The molecule has 1 aliphatic rings. The van der Waals surface area contributed by atoms with E-state index in [0.717, 1.165) is 45.3 Å². The number of anilines is 1. The zero-order chi connectivity index (χ0) is 25.9. The maximum absolute atomic E-state index is 13.3. The summed E-state index contributed by atoms with van der Waals surface area (Å²) in [7, 11) is -1.93. The van der Waals surface area contributed by atoms with E-state index in [1.54, 1.807) is 19.2 Å². The van der Waals surface area contributed by atoms with E-state index in [-0.39, 0.29) is 12.1 Å². The zero-order valence-electron chi connectivity index (χ0n) is 20.8. The highest BCUT2D eigenvalue weighted by Crippen LogP contribution is 2.27. The summed E-state index contributed by atoms with van der Waals surface area (Å²) in [5, 5.41) is 6.74. The number of likely N-dealkylation sites (N-methyl/N-ethyl adjacent to an activating group) is 1. The maximum Gasteiger partial charge on any atom is 0.319 e. The predicted octanol–water partition coefficient (Wildman–Crippen LogP) is 4.38. The van der Waals surface area contributed by atoms with Crippen molar-refractivity contribution in [1.82, 2.24) is 19.5 Å². The Balaban J connectivity index is 1.30. The third-order valence-corrected chi connectivity index (χ3v) is 9.13. The third-order valence-electron chi connectivity index (χ3n) is 6.63. The highest BCUT2D eigenvalue weighted by atomic mass is 79.9. The number of rotatable bonds is 8. The predicted molar refractivity (Wildman–Crippen MR) is 147 cm³/mol. The number of sulfonamides is 1. The van der Waals surface area contributed by atoms with Crippen LogP contribution in [0.25, 0.3) is 10.9 Å². The lowest BCUT2D eigenvalue weighted by atomic mass is 10.1. The molecule has 1 aliphatic heterocycles. The minimum absolute atomic E-state index is 0.108. The molecule has 1 atom stereocenters. The summed E-state index contributed by atoms with van der Waals surface area (Å²) in [4.78, 5) is 19.6. The normalized spacial score (nSPS) is 16.5. The van der Waals surface area contributed by atoms with E-state index in [2.05, 4.69) is 36.4 Å². The average molecular weight is 575 g/mol. The highest BCUT2D eigenvalue weighted by Gasteiger charge is 2.34. The quantitative estimate of drug-likeness (QED) is 0.417. The Bertz CT molecular complexity index is 1360. The van der Waals surface area contributed by atoms with E-state index >= 15 is 0 Å². The van der Waals surface area contributed by atoms with Gasteiger partial charge in [-0.05, 0) is 62.2 Å². The van der Waals surface area contributed by atoms with E-state index in [9.17, 15) is 13.2 Å². The molecule has 0 bridgehead atoms. The molecule has 1 saturated heterocycles. The van der Waals surface area contributed by atoms with Gasteiger partial charge in [-0.3, -0.25) is 9.88 Å². The fourth-order valence-electron chi connectivity index (χ4n) is 4.64. The van der Waals surface area contributed by atoms with Crippen LogP contribution in [-0.4, -0.2) is 67.9 Å². The first-order valence-electron chi connectivity index (χ1n) is 12.1. The van der Waals surface area contributed by atoms with Crippen LogP contribution >= 0.6 is 15.9 Å². The first kappa shape index (κ1) is 26.5. The molecular formula is C26H32BrN5O3S. The second-order valence-electron chi connectivity index (χ2n) is 9.08. The molecule has 192 valence electrons. The first-order chi connectivity index (χ1) is 17.2. The van der Waals surface area contributed by atoms with Crippen molar-refractivity contribution < 1.29 is 13.2 Å². The lowest BCUT2D eigenvalue weighted by molar-refractivity contribution is 0.248. The Morgan fingerprint density at radius 3 is 2.78 bits per heavy atom. The SMILES string of the molecule is CCc1cc(Br)ccc1S(=O)(=O)N(C)C1CCN(CCNC(=O)Nc2cc(C)nc3ccccc23)C1. The Morgan fingerprint density at radius 1 is 1.22 bits per heavy atom. The number of carbonyl (C=O) groups excluding carboxylic acids is 1. The molecule has 2 heterocycles. The molecule has 0 aliphatic carbocycles. The van der Waals surface area contributed by atoms with Crippen LogP contribution in [0.4, 0.5) is 10.5 Å². The lowest BCUT2D eigenvalue weighted by Crippen LogP contribution is -2.41. The van der Waals surface area contributed by atoms with E-state index in [4.69, 9.17) is 0 Å². The number of fused-ring (bicyclic) bond motifs is 1. The minimum atomic E-state index is -3.59. The van der Waals surface area contributed by atoms with Crippen LogP contribution in [-0.2, 0) is 16.4 Å². The fourth-order valence-corrected chi connectivity index (χ4v) is 6.70. The van der Waals surface area contributed by atoms with Crippen LogP contribution < -0.4 is 10.6 Å². The van der Waals surface area contributed by atoms with Gasteiger partial charge in [0.15, 0.2) is 0 Å². The van der Waals surface area contributed by atoms with Gasteiger partial charge in [-0.15, -0.1) is 0 Å². The van der Waals surface area contributed by atoms with Gasteiger partial charge in [0, 0.05) is 48.3 Å². The van der Waals surface area contributed by atoms with Gasteiger partial charge in [0.25, 0.3) is 0 Å². The van der Waals surface area contributed by atoms with Crippen molar-refractivity contribution in [2.45, 2.75) is 37.6 Å². The van der Waals surface area contributed by atoms with E-state index in [1.807, 2.05) is 50.2 Å². The van der Waals surface area contributed by atoms with Gasteiger partial charge in [0.1, 0.15) is 0 Å². The van der Waals surface area contributed by atoms with Crippen LogP contribution in [0.3, 0.4) is 0 Å². The van der Waals surface area contributed by atoms with E-state index in [1.165, 1.54) is 4.31 Å². The summed E-state index contributed by atoms with van der Waals surface area (Å²) in [6.45, 7) is 6.38. The number of urea groups is 1. The summed E-state index contributed by atoms with van der Waals surface area (Å²) in [5.74, 6) is 0. The number of carbonyl (C=O) groups is 1. The number of halogens is 1. The molecule has 1 unspecified atom stereocenters. The van der Waals surface area contributed by atoms with Gasteiger partial charge >= 0.3 is 6.03 Å². The summed E-state index contributed by atoms with van der Waals surface area (Å²) in [6, 6.07) is 14.5. The smallest absolute Gasteiger partial charge is 0.319 e. The maximum atomic E-state index is 13.3. The van der Waals surface area contributed by atoms with Crippen LogP contribution in [0.1, 0.15) is 24.6 Å². The largest absolute Gasteiger partial charge is 0.337 e. The molecule has 1 aromatic heterocycles. The summed E-state index contributed by atoms with van der Waals surface area (Å²) in [6.07, 6.45) is 1.39. The van der Waals surface area contributed by atoms with Gasteiger partial charge in [0.2, 0.25) is 10.0 Å². The van der Waals surface area contributed by atoms with Crippen molar-refractivity contribution in [1.29, 1.82) is 0 Å². The number of nitrogens with one attached hydrogen (secondary N) is 2. The van der Waals surface area contributed by atoms with E-state index in [0.29, 0.717) is 31.0 Å². The molecule has 0 radical (unpaired) electrons. The fraction of sp³-hybridized carbons (Fsp3) is 0.385. The van der Waals surface area contributed by atoms with Gasteiger partial charge in [-0.25, -0.2) is 13.2 Å². The standard InChI is InChI=1S/C26H32BrN5O3S/c1-4-19-16-20(27)9-10-25(19)36(34,35)31(3)21-11-13-32(17-21)14-12-28-26(33)30-24-15-18(2)29-23-8-6-5-7-22(23)24/h5-10,15-16,21H,4,11-14,17H2,1-3H3,(H2,28,29,30,33). The number of hydrogen-bond acceptors (Lipinski definition) is 5. The van der Waals surface area contributed by atoms with Gasteiger partial charge in [0.05, 0.1) is 16.1 Å². The summed E-state index contributed by atoms with van der Waals surface area (Å²) in [5.41, 5.74) is 3.20. The minimum Gasteiger partial charge on any atom is -0.337 e. The number of hydrogen-bond donors (Lipinski definition) is 2. The van der Waals surface area contributed by atoms with Gasteiger partial charge < -0.3 is 10.6 Å².